The Morgan fingerprint density at radius 3 is 2.86 bits per heavy atom. The van der Waals surface area contributed by atoms with Crippen molar-refractivity contribution in [1.82, 2.24) is 19.6 Å². The second kappa shape index (κ2) is 4.82. The highest BCUT2D eigenvalue weighted by molar-refractivity contribution is 6.31. The fourth-order valence-electron chi connectivity index (χ4n) is 2.84. The van der Waals surface area contributed by atoms with Gasteiger partial charge in [0.05, 0.1) is 11.0 Å². The number of anilines is 1. The average Bonchev–Trinajstić information content (AvgIpc) is 2.97. The van der Waals surface area contributed by atoms with Gasteiger partial charge >= 0.3 is 0 Å². The molecule has 2 aromatic heterocycles. The number of fused-ring (bicyclic) bond motifs is 3. The van der Waals surface area contributed by atoms with Crippen molar-refractivity contribution < 1.29 is 0 Å². The highest BCUT2D eigenvalue weighted by Crippen LogP contribution is 2.26. The van der Waals surface area contributed by atoms with E-state index < -0.39 is 0 Å². The van der Waals surface area contributed by atoms with E-state index in [0.717, 1.165) is 48.4 Å². The lowest BCUT2D eigenvalue weighted by molar-refractivity contribution is 0.499. The molecule has 0 aliphatic carbocycles. The van der Waals surface area contributed by atoms with E-state index in [2.05, 4.69) is 15.1 Å². The number of hydrogen-bond donors (Lipinski definition) is 1. The second-order valence-electron chi connectivity index (χ2n) is 5.42. The molecule has 2 N–H and O–H groups in total. The predicted octanol–water partition coefficient (Wildman–Crippen LogP) is 1.86. The Kier molecular flexibility index (Phi) is 2.94. The summed E-state index contributed by atoms with van der Waals surface area (Å²) in [4.78, 5) is 7.01. The quantitative estimate of drug-likeness (QED) is 0.743. The number of hydrogen-bond acceptors (Lipinski definition) is 5. The van der Waals surface area contributed by atoms with Crippen molar-refractivity contribution in [2.75, 3.05) is 18.0 Å². The molecule has 1 aromatic carbocycles. The number of nitrogens with zero attached hydrogens (tertiary/aromatic N) is 5. The number of nitrogens with two attached hydrogens (primary N) is 1. The van der Waals surface area contributed by atoms with Crippen LogP contribution in [-0.2, 0) is 0 Å². The van der Waals surface area contributed by atoms with Gasteiger partial charge in [-0.15, -0.1) is 10.2 Å². The molecule has 0 radical (unpaired) electrons. The van der Waals surface area contributed by atoms with Crippen LogP contribution in [0.1, 0.15) is 12.8 Å². The van der Waals surface area contributed by atoms with Crippen LogP contribution in [0.25, 0.3) is 16.7 Å². The standard InChI is InChI=1S/C14H15ClN6/c15-9-1-2-11-12(7-9)21-8-17-19-14(21)13(18-11)20-5-3-10(16)4-6-20/h1-2,7-8,10H,3-6,16H2. The third-order valence-electron chi connectivity index (χ3n) is 4.01. The van der Waals surface area contributed by atoms with Gasteiger partial charge in [0.15, 0.2) is 5.82 Å². The van der Waals surface area contributed by atoms with E-state index in [4.69, 9.17) is 22.3 Å². The van der Waals surface area contributed by atoms with E-state index in [1.807, 2.05) is 22.6 Å². The summed E-state index contributed by atoms with van der Waals surface area (Å²) in [6.07, 6.45) is 3.65. The molecule has 0 unspecified atom stereocenters. The monoisotopic (exact) mass is 302 g/mol. The zero-order chi connectivity index (χ0) is 14.4. The minimum atomic E-state index is 0.286. The Labute approximate surface area is 126 Å². The first-order chi connectivity index (χ1) is 10.2. The van der Waals surface area contributed by atoms with Gasteiger partial charge in [-0.25, -0.2) is 4.98 Å². The second-order valence-corrected chi connectivity index (χ2v) is 5.85. The topological polar surface area (TPSA) is 72.3 Å². The van der Waals surface area contributed by atoms with Gasteiger partial charge in [0.1, 0.15) is 6.33 Å². The first kappa shape index (κ1) is 12.8. The van der Waals surface area contributed by atoms with Gasteiger partial charge in [0.25, 0.3) is 0 Å². The third kappa shape index (κ3) is 2.11. The molecule has 6 nitrogen and oxygen atoms in total. The Hall–Kier alpha value is -1.92. The van der Waals surface area contributed by atoms with Gasteiger partial charge in [-0.1, -0.05) is 11.6 Å². The maximum Gasteiger partial charge on any atom is 0.204 e. The van der Waals surface area contributed by atoms with E-state index in [1.165, 1.54) is 0 Å². The Morgan fingerprint density at radius 2 is 2.05 bits per heavy atom. The van der Waals surface area contributed by atoms with Crippen LogP contribution in [0.15, 0.2) is 24.5 Å². The molecular weight excluding hydrogens is 288 g/mol. The van der Waals surface area contributed by atoms with E-state index in [9.17, 15) is 0 Å². The average molecular weight is 303 g/mol. The number of aromatic nitrogens is 4. The SMILES string of the molecule is NC1CCN(c2nc3ccc(Cl)cc3n3cnnc23)CC1. The molecule has 1 aliphatic heterocycles. The number of rotatable bonds is 1. The van der Waals surface area contributed by atoms with Crippen molar-refractivity contribution in [3.63, 3.8) is 0 Å². The zero-order valence-corrected chi connectivity index (χ0v) is 12.2. The molecule has 4 rings (SSSR count). The molecule has 21 heavy (non-hydrogen) atoms. The molecule has 108 valence electrons. The summed E-state index contributed by atoms with van der Waals surface area (Å²) in [5.41, 5.74) is 8.55. The molecule has 0 saturated carbocycles. The van der Waals surface area contributed by atoms with Crippen LogP contribution in [-0.4, -0.2) is 38.7 Å². The number of piperidine rings is 1. The summed E-state index contributed by atoms with van der Waals surface area (Å²) in [7, 11) is 0. The van der Waals surface area contributed by atoms with Crippen molar-refractivity contribution in [2.24, 2.45) is 5.73 Å². The van der Waals surface area contributed by atoms with Crippen LogP contribution in [0, 0.1) is 0 Å². The maximum atomic E-state index is 6.08. The van der Waals surface area contributed by atoms with Gasteiger partial charge in [-0.3, -0.25) is 4.40 Å². The molecule has 0 bridgehead atoms. The Bertz CT molecular complexity index is 806. The smallest absolute Gasteiger partial charge is 0.204 e. The number of halogens is 1. The summed E-state index contributed by atoms with van der Waals surface area (Å²) in [6, 6.07) is 5.95. The van der Waals surface area contributed by atoms with Gasteiger partial charge < -0.3 is 10.6 Å². The predicted molar refractivity (Wildman–Crippen MR) is 82.7 cm³/mol. The molecule has 0 atom stereocenters. The van der Waals surface area contributed by atoms with Crippen LogP contribution in [0.5, 0.6) is 0 Å². The zero-order valence-electron chi connectivity index (χ0n) is 11.4. The molecule has 3 heterocycles. The molecule has 1 saturated heterocycles. The summed E-state index contributed by atoms with van der Waals surface area (Å²) in [6.45, 7) is 1.80. The minimum Gasteiger partial charge on any atom is -0.353 e. The molecule has 1 aliphatic rings. The number of benzene rings is 1. The summed E-state index contributed by atoms with van der Waals surface area (Å²) in [5, 5.41) is 8.93. The van der Waals surface area contributed by atoms with Crippen LogP contribution in [0.4, 0.5) is 5.82 Å². The van der Waals surface area contributed by atoms with Crippen LogP contribution in [0.2, 0.25) is 5.02 Å². The van der Waals surface area contributed by atoms with Crippen molar-refractivity contribution in [3.8, 4) is 0 Å². The Morgan fingerprint density at radius 1 is 1.24 bits per heavy atom. The molecule has 0 spiro atoms. The fraction of sp³-hybridized carbons (Fsp3) is 0.357. The summed E-state index contributed by atoms with van der Waals surface area (Å²) in [5.74, 6) is 0.870. The van der Waals surface area contributed by atoms with E-state index in [0.29, 0.717) is 5.02 Å². The van der Waals surface area contributed by atoms with Crippen molar-refractivity contribution in [3.05, 3.63) is 29.5 Å². The van der Waals surface area contributed by atoms with E-state index in [-0.39, 0.29) is 6.04 Å². The first-order valence-corrected chi connectivity index (χ1v) is 7.40. The molecule has 3 aromatic rings. The van der Waals surface area contributed by atoms with Crippen molar-refractivity contribution in [2.45, 2.75) is 18.9 Å². The van der Waals surface area contributed by atoms with E-state index in [1.54, 1.807) is 6.33 Å². The minimum absolute atomic E-state index is 0.286. The lowest BCUT2D eigenvalue weighted by Crippen LogP contribution is -2.40. The van der Waals surface area contributed by atoms with E-state index >= 15 is 0 Å². The molecular formula is C14H15ClN6. The third-order valence-corrected chi connectivity index (χ3v) is 4.25. The lowest BCUT2D eigenvalue weighted by atomic mass is 10.1. The van der Waals surface area contributed by atoms with Gasteiger partial charge in [0, 0.05) is 24.2 Å². The molecule has 1 fully saturated rings. The largest absolute Gasteiger partial charge is 0.353 e. The highest BCUT2D eigenvalue weighted by atomic mass is 35.5. The fourth-order valence-corrected chi connectivity index (χ4v) is 3.00. The Balaban J connectivity index is 1.91. The molecule has 0 amide bonds. The highest BCUT2D eigenvalue weighted by Gasteiger charge is 2.21. The van der Waals surface area contributed by atoms with Crippen molar-refractivity contribution >= 4 is 34.1 Å². The van der Waals surface area contributed by atoms with Crippen LogP contribution < -0.4 is 10.6 Å². The van der Waals surface area contributed by atoms with Crippen LogP contribution in [0.3, 0.4) is 0 Å². The van der Waals surface area contributed by atoms with Crippen LogP contribution >= 0.6 is 11.6 Å². The lowest BCUT2D eigenvalue weighted by Gasteiger charge is -2.31. The summed E-state index contributed by atoms with van der Waals surface area (Å²) >= 11 is 6.08. The van der Waals surface area contributed by atoms with Gasteiger partial charge in [-0.05, 0) is 31.0 Å². The summed E-state index contributed by atoms with van der Waals surface area (Å²) < 4.78 is 1.94. The van der Waals surface area contributed by atoms with Gasteiger partial charge in [-0.2, -0.15) is 0 Å². The normalized spacial score (nSPS) is 17.0. The molecule has 7 heteroatoms. The maximum absolute atomic E-state index is 6.08. The first-order valence-electron chi connectivity index (χ1n) is 7.02. The van der Waals surface area contributed by atoms with Gasteiger partial charge in [0.2, 0.25) is 5.65 Å². The van der Waals surface area contributed by atoms with Crippen molar-refractivity contribution in [1.29, 1.82) is 0 Å².